The SMILES string of the molecule is CC1(CO)CCCC1NC(=O)CSc1ccc(Cl)cc1. The average molecular weight is 314 g/mol. The van der Waals surface area contributed by atoms with E-state index in [1.54, 1.807) is 0 Å². The Morgan fingerprint density at radius 3 is 2.85 bits per heavy atom. The van der Waals surface area contributed by atoms with Crippen molar-refractivity contribution < 1.29 is 9.90 Å². The van der Waals surface area contributed by atoms with Crippen molar-refractivity contribution in [2.24, 2.45) is 5.41 Å². The molecule has 3 nitrogen and oxygen atoms in total. The molecule has 110 valence electrons. The van der Waals surface area contributed by atoms with Crippen LogP contribution in [0.5, 0.6) is 0 Å². The molecule has 0 radical (unpaired) electrons. The van der Waals surface area contributed by atoms with Crippen molar-refractivity contribution in [2.45, 2.75) is 37.1 Å². The minimum Gasteiger partial charge on any atom is -0.396 e. The Labute approximate surface area is 129 Å². The van der Waals surface area contributed by atoms with Gasteiger partial charge in [-0.3, -0.25) is 4.79 Å². The summed E-state index contributed by atoms with van der Waals surface area (Å²) in [4.78, 5) is 13.0. The van der Waals surface area contributed by atoms with Crippen LogP contribution in [0.3, 0.4) is 0 Å². The Bertz CT molecular complexity index is 465. The molecule has 5 heteroatoms. The van der Waals surface area contributed by atoms with Crippen LogP contribution in [0.25, 0.3) is 0 Å². The number of aliphatic hydroxyl groups excluding tert-OH is 1. The number of thioether (sulfide) groups is 1. The summed E-state index contributed by atoms with van der Waals surface area (Å²) in [5.41, 5.74) is -0.166. The summed E-state index contributed by atoms with van der Waals surface area (Å²) in [6.45, 7) is 2.17. The molecule has 1 aliphatic rings. The van der Waals surface area contributed by atoms with Gasteiger partial charge in [-0.25, -0.2) is 0 Å². The van der Waals surface area contributed by atoms with Crippen molar-refractivity contribution in [3.63, 3.8) is 0 Å². The zero-order valence-corrected chi connectivity index (χ0v) is 13.1. The largest absolute Gasteiger partial charge is 0.396 e. The lowest BCUT2D eigenvalue weighted by atomic mass is 9.86. The number of hydrogen-bond donors (Lipinski definition) is 2. The summed E-state index contributed by atoms with van der Waals surface area (Å²) in [5, 5.41) is 13.2. The molecule has 0 spiro atoms. The van der Waals surface area contributed by atoms with Gasteiger partial charge in [0, 0.05) is 21.4 Å². The van der Waals surface area contributed by atoms with Crippen molar-refractivity contribution in [1.29, 1.82) is 0 Å². The Morgan fingerprint density at radius 2 is 2.20 bits per heavy atom. The molecule has 0 aromatic heterocycles. The molecular formula is C15H20ClNO2S. The molecule has 0 bridgehead atoms. The molecule has 1 saturated carbocycles. The van der Waals surface area contributed by atoms with Gasteiger partial charge < -0.3 is 10.4 Å². The molecule has 0 aliphatic heterocycles. The maximum absolute atomic E-state index is 12.0. The second-order valence-electron chi connectivity index (χ2n) is 5.57. The van der Waals surface area contributed by atoms with Crippen LogP contribution in [-0.4, -0.2) is 29.4 Å². The zero-order chi connectivity index (χ0) is 14.6. The fourth-order valence-corrected chi connectivity index (χ4v) is 3.42. The van der Waals surface area contributed by atoms with Crippen molar-refractivity contribution in [1.82, 2.24) is 5.32 Å². The highest BCUT2D eigenvalue weighted by Gasteiger charge is 2.38. The Kier molecular flexibility index (Phi) is 5.35. The molecule has 0 saturated heterocycles. The van der Waals surface area contributed by atoms with Crippen LogP contribution in [0, 0.1) is 5.41 Å². The topological polar surface area (TPSA) is 49.3 Å². The Hall–Kier alpha value is -0.710. The third-order valence-electron chi connectivity index (χ3n) is 3.96. The summed E-state index contributed by atoms with van der Waals surface area (Å²) in [6, 6.07) is 7.55. The highest BCUT2D eigenvalue weighted by molar-refractivity contribution is 8.00. The summed E-state index contributed by atoms with van der Waals surface area (Å²) in [6.07, 6.45) is 2.99. The van der Waals surface area contributed by atoms with E-state index in [2.05, 4.69) is 5.32 Å². The number of benzene rings is 1. The predicted octanol–water partition coefficient (Wildman–Crippen LogP) is 3.10. The zero-order valence-electron chi connectivity index (χ0n) is 11.6. The molecule has 2 N–H and O–H groups in total. The molecule has 2 unspecified atom stereocenters. The smallest absolute Gasteiger partial charge is 0.230 e. The van der Waals surface area contributed by atoms with E-state index in [1.165, 1.54) is 11.8 Å². The van der Waals surface area contributed by atoms with Gasteiger partial charge in [-0.05, 0) is 37.1 Å². The minimum absolute atomic E-state index is 0.0246. The monoisotopic (exact) mass is 313 g/mol. The average Bonchev–Trinajstić information content (AvgIpc) is 2.80. The standard InChI is InChI=1S/C15H20ClNO2S/c1-15(10-18)8-2-3-13(15)17-14(19)9-20-12-6-4-11(16)5-7-12/h4-7,13,18H,2-3,8-10H2,1H3,(H,17,19). The van der Waals surface area contributed by atoms with Crippen LogP contribution in [0.2, 0.25) is 5.02 Å². The first-order valence-electron chi connectivity index (χ1n) is 6.82. The van der Waals surface area contributed by atoms with E-state index in [0.717, 1.165) is 24.2 Å². The molecule has 1 aliphatic carbocycles. The molecule has 2 rings (SSSR count). The van der Waals surface area contributed by atoms with Gasteiger partial charge in [-0.1, -0.05) is 24.9 Å². The summed E-state index contributed by atoms with van der Waals surface area (Å²) >= 11 is 7.32. The number of halogens is 1. The Balaban J connectivity index is 1.82. The van der Waals surface area contributed by atoms with Crippen LogP contribution < -0.4 is 5.32 Å². The van der Waals surface area contributed by atoms with Gasteiger partial charge in [-0.15, -0.1) is 11.8 Å². The number of amides is 1. The first kappa shape index (κ1) is 15.7. The quantitative estimate of drug-likeness (QED) is 0.821. The lowest BCUT2D eigenvalue weighted by Crippen LogP contribution is -2.45. The molecule has 1 aromatic rings. The number of rotatable bonds is 5. The van der Waals surface area contributed by atoms with Crippen LogP contribution in [0.15, 0.2) is 29.2 Å². The van der Waals surface area contributed by atoms with Crippen molar-refractivity contribution in [2.75, 3.05) is 12.4 Å². The molecule has 0 heterocycles. The van der Waals surface area contributed by atoms with E-state index in [0.29, 0.717) is 10.8 Å². The lowest BCUT2D eigenvalue weighted by molar-refractivity contribution is -0.120. The van der Waals surface area contributed by atoms with Gasteiger partial charge in [0.15, 0.2) is 0 Å². The van der Waals surface area contributed by atoms with Crippen LogP contribution >= 0.6 is 23.4 Å². The second-order valence-corrected chi connectivity index (χ2v) is 7.05. The summed E-state index contributed by atoms with van der Waals surface area (Å²) < 4.78 is 0. The van der Waals surface area contributed by atoms with Crippen LogP contribution in [-0.2, 0) is 4.79 Å². The van der Waals surface area contributed by atoms with Crippen LogP contribution in [0.1, 0.15) is 26.2 Å². The third kappa shape index (κ3) is 3.90. The normalized spacial score (nSPS) is 25.6. The number of nitrogens with one attached hydrogen (secondary N) is 1. The van der Waals surface area contributed by atoms with E-state index < -0.39 is 0 Å². The fraction of sp³-hybridized carbons (Fsp3) is 0.533. The van der Waals surface area contributed by atoms with Gasteiger partial charge in [0.25, 0.3) is 0 Å². The molecular weight excluding hydrogens is 294 g/mol. The first-order chi connectivity index (χ1) is 9.53. The molecule has 1 fully saturated rings. The summed E-state index contributed by atoms with van der Waals surface area (Å²) in [5.74, 6) is 0.413. The number of carbonyl (C=O) groups excluding carboxylic acids is 1. The molecule has 1 aromatic carbocycles. The van der Waals surface area contributed by atoms with Gasteiger partial charge >= 0.3 is 0 Å². The second kappa shape index (κ2) is 6.83. The highest BCUT2D eigenvalue weighted by atomic mass is 35.5. The van der Waals surface area contributed by atoms with E-state index in [1.807, 2.05) is 31.2 Å². The van der Waals surface area contributed by atoms with Gasteiger partial charge in [-0.2, -0.15) is 0 Å². The molecule has 20 heavy (non-hydrogen) atoms. The van der Waals surface area contributed by atoms with Crippen molar-refractivity contribution in [3.05, 3.63) is 29.3 Å². The third-order valence-corrected chi connectivity index (χ3v) is 5.23. The van der Waals surface area contributed by atoms with E-state index >= 15 is 0 Å². The molecule has 2 atom stereocenters. The van der Waals surface area contributed by atoms with E-state index in [-0.39, 0.29) is 24.0 Å². The minimum atomic E-state index is -0.166. The highest BCUT2D eigenvalue weighted by Crippen LogP contribution is 2.37. The van der Waals surface area contributed by atoms with Crippen LogP contribution in [0.4, 0.5) is 0 Å². The summed E-state index contributed by atoms with van der Waals surface area (Å²) in [7, 11) is 0. The number of aliphatic hydroxyl groups is 1. The maximum atomic E-state index is 12.0. The van der Waals surface area contributed by atoms with Crippen molar-refractivity contribution in [3.8, 4) is 0 Å². The Morgan fingerprint density at radius 1 is 1.50 bits per heavy atom. The fourth-order valence-electron chi connectivity index (χ4n) is 2.58. The number of carbonyl (C=O) groups is 1. The number of hydrogen-bond acceptors (Lipinski definition) is 3. The predicted molar refractivity (Wildman–Crippen MR) is 83.2 cm³/mol. The first-order valence-corrected chi connectivity index (χ1v) is 8.18. The van der Waals surface area contributed by atoms with Gasteiger partial charge in [0.05, 0.1) is 12.4 Å². The maximum Gasteiger partial charge on any atom is 0.230 e. The van der Waals surface area contributed by atoms with Gasteiger partial charge in [0.1, 0.15) is 0 Å². The van der Waals surface area contributed by atoms with E-state index in [4.69, 9.17) is 11.6 Å². The lowest BCUT2D eigenvalue weighted by Gasteiger charge is -2.30. The van der Waals surface area contributed by atoms with Crippen molar-refractivity contribution >= 4 is 29.3 Å². The van der Waals surface area contributed by atoms with Gasteiger partial charge in [0.2, 0.25) is 5.91 Å². The molecule has 1 amide bonds. The van der Waals surface area contributed by atoms with E-state index in [9.17, 15) is 9.90 Å².